The second kappa shape index (κ2) is 8.85. The van der Waals surface area contributed by atoms with Crippen molar-refractivity contribution in [3.05, 3.63) is 54.1 Å². The average Bonchev–Trinajstić information content (AvgIpc) is 2.80. The zero-order valence-corrected chi connectivity index (χ0v) is 19.8. The summed E-state index contributed by atoms with van der Waals surface area (Å²) in [6, 6.07) is 16.3. The number of anilines is 3. The number of benzene rings is 2. The minimum atomic E-state index is -0.207. The van der Waals surface area contributed by atoms with Crippen molar-refractivity contribution in [3.8, 4) is 0 Å². The van der Waals surface area contributed by atoms with Gasteiger partial charge in [-0.15, -0.1) is 0 Å². The summed E-state index contributed by atoms with van der Waals surface area (Å²) in [4.78, 5) is 30.6. The molecule has 3 aliphatic rings. The molecule has 5 heteroatoms. The molecule has 1 saturated carbocycles. The molecule has 1 spiro atoms. The van der Waals surface area contributed by atoms with Gasteiger partial charge in [0, 0.05) is 24.7 Å². The first kappa shape index (κ1) is 22.0. The maximum Gasteiger partial charge on any atom is 0.232 e. The SMILES string of the molecule is CC(=O)N1c2ccccc2N(C(=O)C2Cc3ccccc3NC23CCCCCCC3)C[C@@H]1C. The third-order valence-electron chi connectivity index (χ3n) is 7.96. The minimum absolute atomic E-state index is 0.0202. The fraction of sp³-hybridized carbons (Fsp3) is 0.500. The lowest BCUT2D eigenvalue weighted by atomic mass is 9.69. The zero-order valence-electron chi connectivity index (χ0n) is 19.8. The van der Waals surface area contributed by atoms with E-state index in [-0.39, 0.29) is 29.3 Å². The van der Waals surface area contributed by atoms with Crippen molar-refractivity contribution < 1.29 is 9.59 Å². The third-order valence-corrected chi connectivity index (χ3v) is 7.96. The van der Waals surface area contributed by atoms with Gasteiger partial charge in [0.05, 0.1) is 23.3 Å². The van der Waals surface area contributed by atoms with Crippen LogP contribution in [-0.4, -0.2) is 29.9 Å². The van der Waals surface area contributed by atoms with Gasteiger partial charge in [0.25, 0.3) is 0 Å². The molecule has 2 aromatic rings. The Kier molecular flexibility index (Phi) is 5.90. The molecule has 0 aromatic heterocycles. The molecule has 174 valence electrons. The number of nitrogens with one attached hydrogen (secondary N) is 1. The van der Waals surface area contributed by atoms with Crippen LogP contribution in [0.15, 0.2) is 48.5 Å². The fourth-order valence-electron chi connectivity index (χ4n) is 6.38. The van der Waals surface area contributed by atoms with Crippen LogP contribution in [0.2, 0.25) is 0 Å². The molecular formula is C28H35N3O2. The maximum absolute atomic E-state index is 14.4. The van der Waals surface area contributed by atoms with Crippen molar-refractivity contribution in [1.29, 1.82) is 0 Å². The van der Waals surface area contributed by atoms with Crippen LogP contribution in [0.1, 0.15) is 64.4 Å². The van der Waals surface area contributed by atoms with E-state index in [9.17, 15) is 9.59 Å². The Bertz CT molecular complexity index is 1040. The number of fused-ring (bicyclic) bond motifs is 2. The predicted molar refractivity (Wildman–Crippen MR) is 134 cm³/mol. The van der Waals surface area contributed by atoms with Gasteiger partial charge in [-0.3, -0.25) is 9.59 Å². The topological polar surface area (TPSA) is 52.7 Å². The lowest BCUT2D eigenvalue weighted by Gasteiger charge is -2.49. The predicted octanol–water partition coefficient (Wildman–Crippen LogP) is 5.54. The number of amides is 2. The number of nitrogens with zero attached hydrogens (tertiary/aromatic N) is 2. The number of carbonyl (C=O) groups is 2. The summed E-state index contributed by atoms with van der Waals surface area (Å²) in [5.74, 6) is 0.0986. The average molecular weight is 446 g/mol. The van der Waals surface area contributed by atoms with Crippen molar-refractivity contribution in [1.82, 2.24) is 0 Å². The van der Waals surface area contributed by atoms with E-state index < -0.39 is 0 Å². The largest absolute Gasteiger partial charge is 0.379 e. The Hall–Kier alpha value is -2.82. The van der Waals surface area contributed by atoms with Gasteiger partial charge in [0.15, 0.2) is 0 Å². The van der Waals surface area contributed by atoms with E-state index in [2.05, 4.69) is 29.6 Å². The quantitative estimate of drug-likeness (QED) is 0.627. The highest BCUT2D eigenvalue weighted by atomic mass is 16.2. The second-order valence-corrected chi connectivity index (χ2v) is 10.1. The minimum Gasteiger partial charge on any atom is -0.379 e. The van der Waals surface area contributed by atoms with E-state index >= 15 is 0 Å². The first-order chi connectivity index (χ1) is 16.0. The standard InChI is InChI=1S/C28H35N3O2/c1-20-19-30(25-14-8-9-15-26(25)31(20)21(2)32)27(33)23-18-22-12-6-7-13-24(22)29-28(23)16-10-4-3-5-11-17-28/h6-9,12-15,20,23,29H,3-5,10-11,16-19H2,1-2H3/t20-,23?/m0/s1. The number of rotatable bonds is 1. The van der Waals surface area contributed by atoms with E-state index in [1.54, 1.807) is 6.92 Å². The van der Waals surface area contributed by atoms with Gasteiger partial charge in [-0.1, -0.05) is 62.4 Å². The van der Waals surface area contributed by atoms with Gasteiger partial charge in [-0.25, -0.2) is 0 Å². The number of para-hydroxylation sites is 3. The van der Waals surface area contributed by atoms with Crippen molar-refractivity contribution in [2.45, 2.75) is 76.8 Å². The lowest BCUT2D eigenvalue weighted by Crippen LogP contribution is -2.59. The maximum atomic E-state index is 14.4. The van der Waals surface area contributed by atoms with Crippen LogP contribution in [0.25, 0.3) is 0 Å². The monoisotopic (exact) mass is 445 g/mol. The summed E-state index contributed by atoms with van der Waals surface area (Å²) >= 11 is 0. The number of carbonyl (C=O) groups excluding carboxylic acids is 2. The smallest absolute Gasteiger partial charge is 0.232 e. The summed E-state index contributed by atoms with van der Waals surface area (Å²) in [6.07, 6.45) is 8.92. The molecule has 1 aliphatic carbocycles. The second-order valence-electron chi connectivity index (χ2n) is 10.1. The molecule has 5 rings (SSSR count). The van der Waals surface area contributed by atoms with Crippen molar-refractivity contribution >= 4 is 28.9 Å². The molecule has 1 unspecified atom stereocenters. The Labute approximate surface area is 197 Å². The summed E-state index contributed by atoms with van der Waals surface area (Å²) in [5, 5.41) is 3.90. The number of hydrogen-bond donors (Lipinski definition) is 1. The molecule has 1 N–H and O–H groups in total. The van der Waals surface area contributed by atoms with Gasteiger partial charge in [0.1, 0.15) is 0 Å². The Balaban J connectivity index is 1.55. The third kappa shape index (κ3) is 3.92. The highest BCUT2D eigenvalue weighted by molar-refractivity contribution is 6.05. The van der Waals surface area contributed by atoms with Crippen LogP contribution in [-0.2, 0) is 16.0 Å². The van der Waals surface area contributed by atoms with Crippen molar-refractivity contribution in [2.75, 3.05) is 21.7 Å². The van der Waals surface area contributed by atoms with Crippen LogP contribution < -0.4 is 15.1 Å². The molecule has 0 bridgehead atoms. The van der Waals surface area contributed by atoms with E-state index in [4.69, 9.17) is 0 Å². The van der Waals surface area contributed by atoms with Crippen LogP contribution in [0, 0.1) is 5.92 Å². The molecule has 2 aromatic carbocycles. The molecule has 0 radical (unpaired) electrons. The van der Waals surface area contributed by atoms with E-state index in [0.29, 0.717) is 6.54 Å². The first-order valence-electron chi connectivity index (χ1n) is 12.6. The highest BCUT2D eigenvalue weighted by Crippen LogP contribution is 2.45. The van der Waals surface area contributed by atoms with E-state index in [0.717, 1.165) is 43.5 Å². The number of hydrogen-bond acceptors (Lipinski definition) is 3. The van der Waals surface area contributed by atoms with Crippen molar-refractivity contribution in [2.24, 2.45) is 5.92 Å². The summed E-state index contributed by atoms with van der Waals surface area (Å²) in [5.41, 5.74) is 3.91. The van der Waals surface area contributed by atoms with Crippen LogP contribution in [0.4, 0.5) is 17.1 Å². The van der Waals surface area contributed by atoms with Crippen LogP contribution in [0.5, 0.6) is 0 Å². The van der Waals surface area contributed by atoms with Gasteiger partial charge >= 0.3 is 0 Å². The molecule has 1 fully saturated rings. The molecule has 2 atom stereocenters. The Morgan fingerprint density at radius 2 is 1.55 bits per heavy atom. The van der Waals surface area contributed by atoms with Crippen LogP contribution >= 0.6 is 0 Å². The molecule has 33 heavy (non-hydrogen) atoms. The van der Waals surface area contributed by atoms with Gasteiger partial charge in [0.2, 0.25) is 11.8 Å². The summed E-state index contributed by atoms with van der Waals surface area (Å²) in [7, 11) is 0. The van der Waals surface area contributed by atoms with E-state index in [1.165, 1.54) is 30.5 Å². The molecule has 0 saturated heterocycles. The molecule has 5 nitrogen and oxygen atoms in total. The van der Waals surface area contributed by atoms with Gasteiger partial charge in [-0.2, -0.15) is 0 Å². The highest BCUT2D eigenvalue weighted by Gasteiger charge is 2.48. The zero-order chi connectivity index (χ0) is 23.0. The van der Waals surface area contributed by atoms with Gasteiger partial charge in [-0.05, 0) is 49.9 Å². The first-order valence-corrected chi connectivity index (χ1v) is 12.6. The van der Waals surface area contributed by atoms with Crippen molar-refractivity contribution in [3.63, 3.8) is 0 Å². The van der Waals surface area contributed by atoms with E-state index in [1.807, 2.05) is 41.0 Å². The Morgan fingerprint density at radius 3 is 2.27 bits per heavy atom. The van der Waals surface area contributed by atoms with Crippen LogP contribution in [0.3, 0.4) is 0 Å². The molecule has 2 amide bonds. The fourth-order valence-corrected chi connectivity index (χ4v) is 6.38. The summed E-state index contributed by atoms with van der Waals surface area (Å²) < 4.78 is 0. The summed E-state index contributed by atoms with van der Waals surface area (Å²) in [6.45, 7) is 4.18. The molecular weight excluding hydrogens is 410 g/mol. The lowest BCUT2D eigenvalue weighted by molar-refractivity contribution is -0.125. The molecule has 2 heterocycles. The molecule has 2 aliphatic heterocycles. The Morgan fingerprint density at radius 1 is 0.909 bits per heavy atom. The normalized spacial score (nSPS) is 24.2. The van der Waals surface area contributed by atoms with Gasteiger partial charge < -0.3 is 15.1 Å².